The van der Waals surface area contributed by atoms with Crippen LogP contribution in [0.5, 0.6) is 0 Å². The topological polar surface area (TPSA) is 72.2 Å². The Labute approximate surface area is 72.5 Å². The first-order chi connectivity index (χ1) is 5.54. The van der Waals surface area contributed by atoms with Gasteiger partial charge in [0, 0.05) is 19.4 Å². The minimum Gasteiger partial charge on any atom is -0.369 e. The van der Waals surface area contributed by atoms with E-state index in [2.05, 4.69) is 5.32 Å². The standard InChI is InChI=1S/C8H16N2O2/c1-6(8(9)12)4-3-5-10-7(2)11/h6H,3-5H2,1-2H3,(H2,9,12)(H,10,11)/t6-/m0/s1. The lowest BCUT2D eigenvalue weighted by Crippen LogP contribution is -2.24. The van der Waals surface area contributed by atoms with Crippen LogP contribution in [0.2, 0.25) is 0 Å². The van der Waals surface area contributed by atoms with Gasteiger partial charge in [0.1, 0.15) is 0 Å². The summed E-state index contributed by atoms with van der Waals surface area (Å²) in [5.74, 6) is -0.418. The molecule has 0 rings (SSSR count). The predicted molar refractivity (Wildman–Crippen MR) is 46.3 cm³/mol. The van der Waals surface area contributed by atoms with Crippen molar-refractivity contribution in [3.8, 4) is 0 Å². The number of primary amides is 1. The molecule has 70 valence electrons. The maximum atomic E-state index is 10.6. The van der Waals surface area contributed by atoms with Gasteiger partial charge in [-0.25, -0.2) is 0 Å². The molecule has 4 heteroatoms. The van der Waals surface area contributed by atoms with Crippen molar-refractivity contribution < 1.29 is 9.59 Å². The third kappa shape index (κ3) is 5.70. The van der Waals surface area contributed by atoms with Crippen LogP contribution in [-0.4, -0.2) is 18.4 Å². The summed E-state index contributed by atoms with van der Waals surface area (Å²) in [6, 6.07) is 0. The molecule has 0 heterocycles. The quantitative estimate of drug-likeness (QED) is 0.574. The van der Waals surface area contributed by atoms with Crippen LogP contribution in [0.15, 0.2) is 0 Å². The van der Waals surface area contributed by atoms with Crippen LogP contribution >= 0.6 is 0 Å². The zero-order valence-corrected chi connectivity index (χ0v) is 7.59. The summed E-state index contributed by atoms with van der Waals surface area (Å²) in [4.78, 5) is 21.0. The van der Waals surface area contributed by atoms with E-state index in [0.29, 0.717) is 6.54 Å². The molecule has 0 aliphatic rings. The maximum absolute atomic E-state index is 10.6. The van der Waals surface area contributed by atoms with Gasteiger partial charge in [-0.2, -0.15) is 0 Å². The molecule has 0 spiro atoms. The van der Waals surface area contributed by atoms with Gasteiger partial charge in [-0.05, 0) is 12.8 Å². The summed E-state index contributed by atoms with van der Waals surface area (Å²) in [5.41, 5.74) is 5.05. The van der Waals surface area contributed by atoms with Gasteiger partial charge < -0.3 is 11.1 Å². The fourth-order valence-corrected chi connectivity index (χ4v) is 0.815. The van der Waals surface area contributed by atoms with Crippen molar-refractivity contribution in [3.63, 3.8) is 0 Å². The molecule has 0 aromatic rings. The second-order valence-electron chi connectivity index (χ2n) is 2.93. The summed E-state index contributed by atoms with van der Waals surface area (Å²) >= 11 is 0. The van der Waals surface area contributed by atoms with E-state index in [9.17, 15) is 9.59 Å². The fraction of sp³-hybridized carbons (Fsp3) is 0.750. The first kappa shape index (κ1) is 10.9. The molecule has 0 bridgehead atoms. The Balaban J connectivity index is 3.31. The van der Waals surface area contributed by atoms with Crippen LogP contribution < -0.4 is 11.1 Å². The highest BCUT2D eigenvalue weighted by molar-refractivity contribution is 5.76. The normalized spacial score (nSPS) is 12.2. The first-order valence-electron chi connectivity index (χ1n) is 4.07. The van der Waals surface area contributed by atoms with Crippen molar-refractivity contribution in [2.75, 3.05) is 6.54 Å². The summed E-state index contributed by atoms with van der Waals surface area (Å²) in [6.45, 7) is 3.88. The van der Waals surface area contributed by atoms with Crippen molar-refractivity contribution in [1.29, 1.82) is 0 Å². The molecular weight excluding hydrogens is 156 g/mol. The third-order valence-corrected chi connectivity index (χ3v) is 1.67. The summed E-state index contributed by atoms with van der Waals surface area (Å²) in [5, 5.41) is 2.65. The largest absolute Gasteiger partial charge is 0.369 e. The van der Waals surface area contributed by atoms with Gasteiger partial charge in [0.15, 0.2) is 0 Å². The van der Waals surface area contributed by atoms with Crippen LogP contribution in [0.3, 0.4) is 0 Å². The highest BCUT2D eigenvalue weighted by Crippen LogP contribution is 2.02. The molecule has 3 N–H and O–H groups in total. The average Bonchev–Trinajstić information content (AvgIpc) is 1.97. The molecule has 0 saturated carbocycles. The number of hydrogen-bond acceptors (Lipinski definition) is 2. The predicted octanol–water partition coefficient (Wildman–Crippen LogP) is 0.0241. The van der Waals surface area contributed by atoms with E-state index in [1.165, 1.54) is 6.92 Å². The monoisotopic (exact) mass is 172 g/mol. The van der Waals surface area contributed by atoms with Gasteiger partial charge in [-0.1, -0.05) is 6.92 Å². The first-order valence-corrected chi connectivity index (χ1v) is 4.07. The van der Waals surface area contributed by atoms with Crippen molar-refractivity contribution in [3.05, 3.63) is 0 Å². The Morgan fingerprint density at radius 1 is 1.50 bits per heavy atom. The molecule has 0 aromatic carbocycles. The van der Waals surface area contributed by atoms with Crippen LogP contribution in [0.4, 0.5) is 0 Å². The van der Waals surface area contributed by atoms with E-state index in [0.717, 1.165) is 12.8 Å². The number of carbonyl (C=O) groups is 2. The minimum atomic E-state index is -0.280. The van der Waals surface area contributed by atoms with Gasteiger partial charge >= 0.3 is 0 Å². The average molecular weight is 172 g/mol. The smallest absolute Gasteiger partial charge is 0.220 e. The van der Waals surface area contributed by atoms with E-state index >= 15 is 0 Å². The summed E-state index contributed by atoms with van der Waals surface area (Å²) in [6.07, 6.45) is 1.53. The van der Waals surface area contributed by atoms with E-state index in [4.69, 9.17) is 5.73 Å². The summed E-state index contributed by atoms with van der Waals surface area (Å²) in [7, 11) is 0. The van der Waals surface area contributed by atoms with Crippen molar-refractivity contribution in [1.82, 2.24) is 5.32 Å². The molecule has 1 atom stereocenters. The third-order valence-electron chi connectivity index (χ3n) is 1.67. The minimum absolute atomic E-state index is 0.0401. The zero-order chi connectivity index (χ0) is 9.56. The van der Waals surface area contributed by atoms with Gasteiger partial charge in [0.25, 0.3) is 0 Å². The van der Waals surface area contributed by atoms with E-state index in [-0.39, 0.29) is 17.7 Å². The van der Waals surface area contributed by atoms with E-state index < -0.39 is 0 Å². The molecule has 0 aliphatic carbocycles. The Bertz CT molecular complexity index is 168. The zero-order valence-electron chi connectivity index (χ0n) is 7.59. The van der Waals surface area contributed by atoms with Crippen molar-refractivity contribution in [2.45, 2.75) is 26.7 Å². The number of nitrogens with two attached hydrogens (primary N) is 1. The SMILES string of the molecule is CC(=O)NCCC[C@H](C)C(N)=O. The number of amides is 2. The molecule has 0 unspecified atom stereocenters. The Kier molecular flexibility index (Phi) is 5.08. The molecule has 12 heavy (non-hydrogen) atoms. The number of rotatable bonds is 5. The highest BCUT2D eigenvalue weighted by Gasteiger charge is 2.07. The Hall–Kier alpha value is -1.06. The van der Waals surface area contributed by atoms with Gasteiger partial charge in [-0.15, -0.1) is 0 Å². The van der Waals surface area contributed by atoms with Gasteiger partial charge in [-0.3, -0.25) is 9.59 Å². The molecule has 0 aromatic heterocycles. The molecular formula is C8H16N2O2. The van der Waals surface area contributed by atoms with Crippen molar-refractivity contribution in [2.24, 2.45) is 11.7 Å². The molecule has 0 fully saturated rings. The molecule has 4 nitrogen and oxygen atoms in total. The van der Waals surface area contributed by atoms with E-state index in [1.807, 2.05) is 0 Å². The Morgan fingerprint density at radius 3 is 2.50 bits per heavy atom. The van der Waals surface area contributed by atoms with Crippen molar-refractivity contribution >= 4 is 11.8 Å². The second-order valence-corrected chi connectivity index (χ2v) is 2.93. The van der Waals surface area contributed by atoms with Crippen LogP contribution in [0, 0.1) is 5.92 Å². The summed E-state index contributed by atoms with van der Waals surface area (Å²) < 4.78 is 0. The maximum Gasteiger partial charge on any atom is 0.220 e. The second kappa shape index (κ2) is 5.57. The highest BCUT2D eigenvalue weighted by atomic mass is 16.1. The lowest BCUT2D eigenvalue weighted by atomic mass is 10.1. The lowest BCUT2D eigenvalue weighted by Gasteiger charge is -2.06. The van der Waals surface area contributed by atoms with E-state index in [1.54, 1.807) is 6.92 Å². The van der Waals surface area contributed by atoms with Crippen LogP contribution in [-0.2, 0) is 9.59 Å². The number of nitrogens with one attached hydrogen (secondary N) is 1. The lowest BCUT2D eigenvalue weighted by molar-refractivity contribution is -0.121. The fourth-order valence-electron chi connectivity index (χ4n) is 0.815. The molecule has 0 radical (unpaired) electrons. The molecule has 2 amide bonds. The van der Waals surface area contributed by atoms with Gasteiger partial charge in [0.05, 0.1) is 0 Å². The molecule has 0 aliphatic heterocycles. The van der Waals surface area contributed by atoms with Gasteiger partial charge in [0.2, 0.25) is 11.8 Å². The number of carbonyl (C=O) groups excluding carboxylic acids is 2. The molecule has 0 saturated heterocycles. The Morgan fingerprint density at radius 2 is 2.08 bits per heavy atom. The van der Waals surface area contributed by atoms with Crippen LogP contribution in [0.1, 0.15) is 26.7 Å². The number of hydrogen-bond donors (Lipinski definition) is 2. The van der Waals surface area contributed by atoms with Crippen LogP contribution in [0.25, 0.3) is 0 Å².